The van der Waals surface area contributed by atoms with Gasteiger partial charge in [-0.15, -0.1) is 0 Å². The Labute approximate surface area is 105 Å². The standard InChI is InChI=1S/C13H15N3O2/c1-8-4-5-9(7-10(8)14)13-15-12(16-18-13)11-3-2-6-17-11/h4-5,7,11H,2-3,6,14H2,1H3. The Morgan fingerprint density at radius 1 is 1.39 bits per heavy atom. The highest BCUT2D eigenvalue weighted by atomic mass is 16.5. The van der Waals surface area contributed by atoms with Gasteiger partial charge in [-0.05, 0) is 37.5 Å². The zero-order valence-electron chi connectivity index (χ0n) is 10.2. The van der Waals surface area contributed by atoms with Gasteiger partial charge < -0.3 is 15.0 Å². The minimum absolute atomic E-state index is 0.0229. The molecule has 5 nitrogen and oxygen atoms in total. The lowest BCUT2D eigenvalue weighted by molar-refractivity contribution is 0.103. The molecule has 1 aromatic heterocycles. The number of nitrogen functional groups attached to an aromatic ring is 1. The van der Waals surface area contributed by atoms with Crippen molar-refractivity contribution >= 4 is 5.69 Å². The number of hydrogen-bond acceptors (Lipinski definition) is 5. The number of benzene rings is 1. The van der Waals surface area contributed by atoms with Crippen molar-refractivity contribution in [2.24, 2.45) is 0 Å². The van der Waals surface area contributed by atoms with E-state index < -0.39 is 0 Å². The number of aromatic nitrogens is 2. The van der Waals surface area contributed by atoms with E-state index in [1.54, 1.807) is 0 Å². The van der Waals surface area contributed by atoms with Crippen LogP contribution in [0, 0.1) is 6.92 Å². The molecule has 5 heteroatoms. The molecule has 0 radical (unpaired) electrons. The van der Waals surface area contributed by atoms with Crippen LogP contribution in [0.4, 0.5) is 5.69 Å². The number of rotatable bonds is 2. The summed E-state index contributed by atoms with van der Waals surface area (Å²) in [6.07, 6.45) is 1.98. The summed E-state index contributed by atoms with van der Waals surface area (Å²) in [6.45, 7) is 2.73. The summed E-state index contributed by atoms with van der Waals surface area (Å²) in [5.41, 5.74) is 8.48. The zero-order valence-corrected chi connectivity index (χ0v) is 10.2. The molecule has 0 aliphatic carbocycles. The Balaban J connectivity index is 1.89. The van der Waals surface area contributed by atoms with Crippen LogP contribution in [0.15, 0.2) is 22.7 Å². The summed E-state index contributed by atoms with van der Waals surface area (Å²) in [5, 5.41) is 3.97. The van der Waals surface area contributed by atoms with E-state index in [2.05, 4.69) is 10.1 Å². The van der Waals surface area contributed by atoms with Crippen LogP contribution in [0.2, 0.25) is 0 Å². The van der Waals surface area contributed by atoms with Crippen LogP contribution in [0.25, 0.3) is 11.5 Å². The number of nitrogens with two attached hydrogens (primary N) is 1. The summed E-state index contributed by atoms with van der Waals surface area (Å²) in [4.78, 5) is 4.37. The molecule has 2 heterocycles. The molecular weight excluding hydrogens is 230 g/mol. The molecule has 0 spiro atoms. The normalized spacial score (nSPS) is 19.3. The number of hydrogen-bond donors (Lipinski definition) is 1. The first-order chi connectivity index (χ1) is 8.74. The molecule has 0 saturated carbocycles. The average molecular weight is 245 g/mol. The maximum Gasteiger partial charge on any atom is 0.258 e. The van der Waals surface area contributed by atoms with E-state index in [4.69, 9.17) is 15.0 Å². The lowest BCUT2D eigenvalue weighted by Gasteiger charge is -2.01. The molecule has 18 heavy (non-hydrogen) atoms. The van der Waals surface area contributed by atoms with Crippen molar-refractivity contribution < 1.29 is 9.26 Å². The fraction of sp³-hybridized carbons (Fsp3) is 0.385. The third kappa shape index (κ3) is 1.97. The first kappa shape index (κ1) is 11.2. The quantitative estimate of drug-likeness (QED) is 0.823. The number of anilines is 1. The van der Waals surface area contributed by atoms with Gasteiger partial charge in [0.15, 0.2) is 0 Å². The van der Waals surface area contributed by atoms with Crippen molar-refractivity contribution in [3.8, 4) is 11.5 Å². The topological polar surface area (TPSA) is 74.2 Å². The monoisotopic (exact) mass is 245 g/mol. The van der Waals surface area contributed by atoms with Gasteiger partial charge in [-0.25, -0.2) is 0 Å². The largest absolute Gasteiger partial charge is 0.398 e. The molecule has 1 aliphatic heterocycles. The van der Waals surface area contributed by atoms with Crippen LogP contribution in [0.3, 0.4) is 0 Å². The molecule has 1 aliphatic rings. The van der Waals surface area contributed by atoms with Crippen molar-refractivity contribution in [1.29, 1.82) is 0 Å². The predicted octanol–water partition coefficient (Wildman–Crippen LogP) is 2.48. The molecule has 1 saturated heterocycles. The lowest BCUT2D eigenvalue weighted by Crippen LogP contribution is -1.97. The van der Waals surface area contributed by atoms with Crippen molar-refractivity contribution in [2.75, 3.05) is 12.3 Å². The Hall–Kier alpha value is -1.88. The van der Waals surface area contributed by atoms with E-state index in [1.165, 1.54) is 0 Å². The summed E-state index contributed by atoms with van der Waals surface area (Å²) in [7, 11) is 0. The van der Waals surface area contributed by atoms with Crippen molar-refractivity contribution in [1.82, 2.24) is 10.1 Å². The summed E-state index contributed by atoms with van der Waals surface area (Å²) in [6, 6.07) is 5.72. The fourth-order valence-electron chi connectivity index (χ4n) is 2.04. The molecule has 1 fully saturated rings. The van der Waals surface area contributed by atoms with Gasteiger partial charge in [0.1, 0.15) is 6.10 Å². The molecule has 94 valence electrons. The Morgan fingerprint density at radius 3 is 3.00 bits per heavy atom. The van der Waals surface area contributed by atoms with E-state index in [0.29, 0.717) is 11.7 Å². The first-order valence-corrected chi connectivity index (χ1v) is 6.06. The molecule has 1 unspecified atom stereocenters. The summed E-state index contributed by atoms with van der Waals surface area (Å²) < 4.78 is 10.8. The molecule has 2 N–H and O–H groups in total. The van der Waals surface area contributed by atoms with Crippen molar-refractivity contribution in [3.63, 3.8) is 0 Å². The molecule has 3 rings (SSSR count). The van der Waals surface area contributed by atoms with Crippen LogP contribution in [0.5, 0.6) is 0 Å². The van der Waals surface area contributed by atoms with E-state index in [1.807, 2.05) is 25.1 Å². The Bertz CT molecular complexity index is 559. The van der Waals surface area contributed by atoms with E-state index in [0.717, 1.165) is 36.3 Å². The van der Waals surface area contributed by atoms with Gasteiger partial charge in [-0.3, -0.25) is 0 Å². The maximum atomic E-state index is 5.87. The summed E-state index contributed by atoms with van der Waals surface area (Å²) >= 11 is 0. The predicted molar refractivity (Wildman–Crippen MR) is 66.8 cm³/mol. The second kappa shape index (κ2) is 4.42. The van der Waals surface area contributed by atoms with Crippen molar-refractivity contribution in [2.45, 2.75) is 25.9 Å². The Morgan fingerprint density at radius 2 is 2.28 bits per heavy atom. The zero-order chi connectivity index (χ0) is 12.5. The lowest BCUT2D eigenvalue weighted by atomic mass is 10.1. The summed E-state index contributed by atoms with van der Waals surface area (Å²) in [5.74, 6) is 1.12. The van der Waals surface area contributed by atoms with Gasteiger partial charge in [0.25, 0.3) is 5.89 Å². The van der Waals surface area contributed by atoms with Gasteiger partial charge in [0.05, 0.1) is 0 Å². The van der Waals surface area contributed by atoms with Crippen LogP contribution < -0.4 is 5.73 Å². The Kier molecular flexibility index (Phi) is 2.76. The van der Waals surface area contributed by atoms with E-state index in [9.17, 15) is 0 Å². The van der Waals surface area contributed by atoms with Gasteiger partial charge >= 0.3 is 0 Å². The second-order valence-corrected chi connectivity index (χ2v) is 4.53. The molecular formula is C13H15N3O2. The van der Waals surface area contributed by atoms with Crippen LogP contribution >= 0.6 is 0 Å². The van der Waals surface area contributed by atoms with E-state index in [-0.39, 0.29) is 6.10 Å². The smallest absolute Gasteiger partial charge is 0.258 e. The van der Waals surface area contributed by atoms with Crippen LogP contribution in [-0.4, -0.2) is 16.7 Å². The maximum absolute atomic E-state index is 5.87. The molecule has 1 atom stereocenters. The highest BCUT2D eigenvalue weighted by Crippen LogP contribution is 2.29. The van der Waals surface area contributed by atoms with Crippen LogP contribution in [0.1, 0.15) is 30.3 Å². The SMILES string of the molecule is Cc1ccc(-c2nc(C3CCCO3)no2)cc1N. The fourth-order valence-corrected chi connectivity index (χ4v) is 2.04. The third-order valence-corrected chi connectivity index (χ3v) is 3.19. The average Bonchev–Trinajstić information content (AvgIpc) is 3.01. The molecule has 0 bridgehead atoms. The first-order valence-electron chi connectivity index (χ1n) is 6.06. The van der Waals surface area contributed by atoms with Crippen molar-refractivity contribution in [3.05, 3.63) is 29.6 Å². The van der Waals surface area contributed by atoms with Gasteiger partial charge in [-0.1, -0.05) is 11.2 Å². The third-order valence-electron chi connectivity index (χ3n) is 3.19. The minimum atomic E-state index is -0.0229. The minimum Gasteiger partial charge on any atom is -0.398 e. The highest BCUT2D eigenvalue weighted by molar-refractivity contribution is 5.62. The second-order valence-electron chi connectivity index (χ2n) is 4.53. The number of nitrogens with zero attached hydrogens (tertiary/aromatic N) is 2. The molecule has 2 aromatic rings. The number of aryl methyl sites for hydroxylation is 1. The highest BCUT2D eigenvalue weighted by Gasteiger charge is 2.23. The van der Waals surface area contributed by atoms with Gasteiger partial charge in [0.2, 0.25) is 5.82 Å². The van der Waals surface area contributed by atoms with Gasteiger partial charge in [-0.2, -0.15) is 4.98 Å². The molecule has 0 amide bonds. The van der Waals surface area contributed by atoms with Gasteiger partial charge in [0, 0.05) is 17.9 Å². The molecule has 1 aromatic carbocycles. The van der Waals surface area contributed by atoms with E-state index >= 15 is 0 Å². The number of ether oxygens (including phenoxy) is 1. The van der Waals surface area contributed by atoms with Crippen LogP contribution in [-0.2, 0) is 4.74 Å².